The summed E-state index contributed by atoms with van der Waals surface area (Å²) in [4.78, 5) is 13.9. The number of rotatable bonds is 5. The maximum Gasteiger partial charge on any atom is 0.221 e. The molecule has 2 atom stereocenters. The van der Waals surface area contributed by atoms with Crippen molar-refractivity contribution in [2.45, 2.75) is 31.6 Å². The summed E-state index contributed by atoms with van der Waals surface area (Å²) in [6.45, 7) is 7.53. The van der Waals surface area contributed by atoms with Crippen molar-refractivity contribution in [1.29, 1.82) is 0 Å². The topological polar surface area (TPSA) is 58.4 Å². The molecule has 3 N–H and O–H groups in total. The highest BCUT2D eigenvalue weighted by Crippen LogP contribution is 2.20. The van der Waals surface area contributed by atoms with Crippen molar-refractivity contribution in [3.63, 3.8) is 0 Å². The number of nitrogens with zero attached hydrogens (tertiary/aromatic N) is 1. The van der Waals surface area contributed by atoms with E-state index in [1.807, 2.05) is 18.7 Å². The molecule has 0 saturated carbocycles. The van der Waals surface area contributed by atoms with Gasteiger partial charge >= 0.3 is 0 Å². The lowest BCUT2D eigenvalue weighted by Crippen LogP contribution is -2.49. The summed E-state index contributed by atoms with van der Waals surface area (Å²) in [6, 6.07) is 0.204. The van der Waals surface area contributed by atoms with Gasteiger partial charge in [-0.15, -0.1) is 0 Å². The van der Waals surface area contributed by atoms with Crippen LogP contribution >= 0.6 is 11.8 Å². The van der Waals surface area contributed by atoms with Gasteiger partial charge in [0.15, 0.2) is 0 Å². The first-order valence-corrected chi connectivity index (χ1v) is 7.04. The summed E-state index contributed by atoms with van der Waals surface area (Å²) in [5.74, 6) is 1.26. The first-order valence-electron chi connectivity index (χ1n) is 5.99. The molecule has 0 aromatic heterocycles. The van der Waals surface area contributed by atoms with Crippen LogP contribution in [0.5, 0.6) is 0 Å². The van der Waals surface area contributed by atoms with Crippen LogP contribution in [0.25, 0.3) is 0 Å². The average molecular weight is 245 g/mol. The highest BCUT2D eigenvalue weighted by molar-refractivity contribution is 7.99. The van der Waals surface area contributed by atoms with Gasteiger partial charge in [-0.3, -0.25) is 9.69 Å². The van der Waals surface area contributed by atoms with E-state index in [-0.39, 0.29) is 11.9 Å². The molecule has 1 fully saturated rings. The molecule has 0 bridgehead atoms. The summed E-state index contributed by atoms with van der Waals surface area (Å²) in [7, 11) is 0. The normalized spacial score (nSPS) is 24.1. The van der Waals surface area contributed by atoms with Gasteiger partial charge < -0.3 is 11.1 Å². The zero-order valence-corrected chi connectivity index (χ0v) is 11.1. The highest BCUT2D eigenvalue weighted by atomic mass is 32.2. The summed E-state index contributed by atoms with van der Waals surface area (Å²) >= 11 is 2.00. The van der Waals surface area contributed by atoms with E-state index in [1.165, 1.54) is 0 Å². The second-order valence-corrected chi connectivity index (χ2v) is 5.77. The van der Waals surface area contributed by atoms with Crippen LogP contribution in [0.15, 0.2) is 0 Å². The Hall–Kier alpha value is -0.260. The number of nitrogens with one attached hydrogen (secondary N) is 1. The predicted octanol–water partition coefficient (Wildman–Crippen LogP) is 0.277. The van der Waals surface area contributed by atoms with Gasteiger partial charge in [0.05, 0.1) is 0 Å². The van der Waals surface area contributed by atoms with Crippen molar-refractivity contribution < 1.29 is 4.79 Å². The second kappa shape index (κ2) is 7.14. The summed E-state index contributed by atoms with van der Waals surface area (Å²) in [5.41, 5.74) is 5.77. The van der Waals surface area contributed by atoms with Crippen LogP contribution in [-0.4, -0.2) is 54.0 Å². The summed E-state index contributed by atoms with van der Waals surface area (Å²) in [5, 5.41) is 3.48. The van der Waals surface area contributed by atoms with Crippen LogP contribution in [0.4, 0.5) is 0 Å². The Morgan fingerprint density at radius 2 is 2.44 bits per heavy atom. The first-order chi connectivity index (χ1) is 7.67. The van der Waals surface area contributed by atoms with Gasteiger partial charge in [0.1, 0.15) is 0 Å². The van der Waals surface area contributed by atoms with E-state index in [4.69, 9.17) is 5.73 Å². The van der Waals surface area contributed by atoms with Gasteiger partial charge in [0, 0.05) is 49.6 Å². The largest absolute Gasteiger partial charge is 0.356 e. The number of thioether (sulfide) groups is 1. The molecule has 0 radical (unpaired) electrons. The molecule has 94 valence electrons. The third kappa shape index (κ3) is 4.31. The molecule has 1 saturated heterocycles. The van der Waals surface area contributed by atoms with Crippen molar-refractivity contribution in [2.75, 3.05) is 31.9 Å². The molecular weight excluding hydrogens is 222 g/mol. The van der Waals surface area contributed by atoms with Crippen LogP contribution in [0, 0.1) is 0 Å². The quantitative estimate of drug-likeness (QED) is 0.730. The van der Waals surface area contributed by atoms with Gasteiger partial charge in [0.2, 0.25) is 5.91 Å². The number of carbonyl (C=O) groups is 1. The van der Waals surface area contributed by atoms with Crippen molar-refractivity contribution in [2.24, 2.45) is 5.73 Å². The van der Waals surface area contributed by atoms with Crippen LogP contribution in [-0.2, 0) is 4.79 Å². The Labute approximate surface area is 102 Å². The first kappa shape index (κ1) is 13.8. The van der Waals surface area contributed by atoms with Crippen molar-refractivity contribution >= 4 is 17.7 Å². The van der Waals surface area contributed by atoms with Gasteiger partial charge in [0.25, 0.3) is 0 Å². The van der Waals surface area contributed by atoms with Gasteiger partial charge in [-0.2, -0.15) is 11.8 Å². The maximum atomic E-state index is 11.5. The number of amides is 1. The minimum absolute atomic E-state index is 0.115. The monoisotopic (exact) mass is 245 g/mol. The average Bonchev–Trinajstić information content (AvgIpc) is 2.26. The molecule has 1 aliphatic rings. The van der Waals surface area contributed by atoms with E-state index in [1.54, 1.807) is 0 Å². The number of hydrogen-bond acceptors (Lipinski definition) is 4. The van der Waals surface area contributed by atoms with Crippen LogP contribution in [0.1, 0.15) is 20.3 Å². The van der Waals surface area contributed by atoms with E-state index in [0.29, 0.717) is 24.8 Å². The fourth-order valence-corrected chi connectivity index (χ4v) is 3.06. The Bertz CT molecular complexity index is 225. The summed E-state index contributed by atoms with van der Waals surface area (Å²) in [6.07, 6.45) is 0.529. The van der Waals surface area contributed by atoms with Crippen LogP contribution in [0.3, 0.4) is 0 Å². The fraction of sp³-hybridized carbons (Fsp3) is 0.909. The smallest absolute Gasteiger partial charge is 0.221 e. The predicted molar refractivity (Wildman–Crippen MR) is 69.6 cm³/mol. The van der Waals surface area contributed by atoms with E-state index < -0.39 is 0 Å². The molecule has 1 amide bonds. The molecule has 4 nitrogen and oxygen atoms in total. The van der Waals surface area contributed by atoms with Crippen LogP contribution < -0.4 is 11.1 Å². The molecule has 2 unspecified atom stereocenters. The standard InChI is InChI=1S/C11H23N3OS/c1-3-13-11(15)6-10(7-12)14-4-5-16-9(2)8-14/h9-10H,3-8,12H2,1-2H3,(H,13,15). The SMILES string of the molecule is CCNC(=O)CC(CN)N1CCSC(C)C1. The lowest BCUT2D eigenvalue weighted by molar-refractivity contribution is -0.122. The Balaban J connectivity index is 2.43. The van der Waals surface area contributed by atoms with Crippen molar-refractivity contribution in [3.8, 4) is 0 Å². The molecule has 0 spiro atoms. The van der Waals surface area contributed by atoms with E-state index in [0.717, 1.165) is 18.8 Å². The molecule has 1 rings (SSSR count). The van der Waals surface area contributed by atoms with Gasteiger partial charge in [-0.05, 0) is 6.92 Å². The highest BCUT2D eigenvalue weighted by Gasteiger charge is 2.24. The molecule has 5 heteroatoms. The van der Waals surface area contributed by atoms with E-state index >= 15 is 0 Å². The van der Waals surface area contributed by atoms with Gasteiger partial charge in [-0.25, -0.2) is 0 Å². The zero-order chi connectivity index (χ0) is 12.0. The molecule has 0 aliphatic carbocycles. The lowest BCUT2D eigenvalue weighted by Gasteiger charge is -2.36. The number of hydrogen-bond donors (Lipinski definition) is 2. The van der Waals surface area contributed by atoms with Crippen molar-refractivity contribution in [1.82, 2.24) is 10.2 Å². The minimum Gasteiger partial charge on any atom is -0.356 e. The molecule has 0 aromatic carbocycles. The third-order valence-corrected chi connectivity index (χ3v) is 3.99. The zero-order valence-electron chi connectivity index (χ0n) is 10.2. The Morgan fingerprint density at radius 3 is 3.00 bits per heavy atom. The molecule has 16 heavy (non-hydrogen) atoms. The third-order valence-electron chi connectivity index (χ3n) is 2.86. The second-order valence-electron chi connectivity index (χ2n) is 4.22. The van der Waals surface area contributed by atoms with Crippen LogP contribution in [0.2, 0.25) is 0 Å². The minimum atomic E-state index is 0.115. The van der Waals surface area contributed by atoms with Gasteiger partial charge in [-0.1, -0.05) is 6.92 Å². The van der Waals surface area contributed by atoms with E-state index in [9.17, 15) is 4.79 Å². The molecule has 1 aliphatic heterocycles. The Morgan fingerprint density at radius 1 is 1.69 bits per heavy atom. The van der Waals surface area contributed by atoms with Crippen molar-refractivity contribution in [3.05, 3.63) is 0 Å². The summed E-state index contributed by atoms with van der Waals surface area (Å²) < 4.78 is 0. The molecule has 1 heterocycles. The Kier molecular flexibility index (Phi) is 6.16. The number of carbonyl (C=O) groups excluding carboxylic acids is 1. The maximum absolute atomic E-state index is 11.5. The lowest BCUT2D eigenvalue weighted by atomic mass is 10.1. The molecular formula is C11H23N3OS. The van der Waals surface area contributed by atoms with E-state index in [2.05, 4.69) is 17.1 Å². The molecule has 0 aromatic rings. The fourth-order valence-electron chi connectivity index (χ4n) is 2.02. The number of nitrogens with two attached hydrogens (primary N) is 1.